The molecule has 20 heavy (non-hydrogen) atoms. The van der Waals surface area contributed by atoms with Crippen LogP contribution in [-0.2, 0) is 10.0 Å². The number of sulfonamides is 1. The number of nitrogens with one attached hydrogen (secondary N) is 1. The van der Waals surface area contributed by atoms with Crippen LogP contribution in [0.25, 0.3) is 0 Å². The van der Waals surface area contributed by atoms with Gasteiger partial charge in [0.1, 0.15) is 11.6 Å². The molecule has 0 bridgehead atoms. The maximum absolute atomic E-state index is 12.7. The zero-order valence-corrected chi connectivity index (χ0v) is 11.4. The molecule has 1 aliphatic carbocycles. The van der Waals surface area contributed by atoms with Crippen LogP contribution in [0.1, 0.15) is 18.4 Å². The molecular weight excluding hydrogens is 317 g/mol. The summed E-state index contributed by atoms with van der Waals surface area (Å²) in [6.45, 7) is 0. The van der Waals surface area contributed by atoms with Crippen molar-refractivity contribution in [3.8, 4) is 6.07 Å². The molecule has 0 amide bonds. The van der Waals surface area contributed by atoms with Crippen molar-refractivity contribution in [2.45, 2.75) is 29.5 Å². The van der Waals surface area contributed by atoms with Crippen LogP contribution in [0.2, 0.25) is 5.02 Å². The summed E-state index contributed by atoms with van der Waals surface area (Å²) in [4.78, 5) is -0.406. The Hall–Kier alpha value is -1.30. The Labute approximate surface area is 118 Å². The lowest BCUT2D eigenvalue weighted by molar-refractivity contribution is -0.160. The van der Waals surface area contributed by atoms with Gasteiger partial charge in [0.15, 0.2) is 0 Å². The van der Waals surface area contributed by atoms with Gasteiger partial charge in [0.05, 0.1) is 15.5 Å². The Balaban J connectivity index is 2.33. The third-order valence-corrected chi connectivity index (χ3v) is 4.84. The minimum atomic E-state index is -4.64. The van der Waals surface area contributed by atoms with E-state index in [-0.39, 0.29) is 23.4 Å². The van der Waals surface area contributed by atoms with Gasteiger partial charge in [0.25, 0.3) is 0 Å². The summed E-state index contributed by atoms with van der Waals surface area (Å²) in [7, 11) is -4.35. The number of rotatable bonds is 3. The van der Waals surface area contributed by atoms with E-state index < -0.39 is 26.6 Å². The molecule has 2 rings (SSSR count). The first-order valence-electron chi connectivity index (χ1n) is 5.42. The summed E-state index contributed by atoms with van der Waals surface area (Å²) in [5.41, 5.74) is -2.34. The molecule has 4 nitrogen and oxygen atoms in total. The van der Waals surface area contributed by atoms with Gasteiger partial charge in [-0.3, -0.25) is 0 Å². The predicted molar refractivity (Wildman–Crippen MR) is 64.5 cm³/mol. The van der Waals surface area contributed by atoms with E-state index in [0.29, 0.717) is 0 Å². The van der Waals surface area contributed by atoms with Gasteiger partial charge in [-0.1, -0.05) is 11.6 Å². The van der Waals surface area contributed by atoms with Crippen LogP contribution in [0, 0.1) is 11.3 Å². The second-order valence-electron chi connectivity index (χ2n) is 4.44. The third kappa shape index (κ3) is 2.61. The van der Waals surface area contributed by atoms with Crippen molar-refractivity contribution in [2.75, 3.05) is 0 Å². The molecule has 1 aromatic rings. The van der Waals surface area contributed by atoms with Gasteiger partial charge in [-0.25, -0.2) is 8.42 Å². The molecule has 0 aromatic heterocycles. The monoisotopic (exact) mass is 324 g/mol. The average Bonchev–Trinajstić information content (AvgIpc) is 3.08. The predicted octanol–water partition coefficient (Wildman–Crippen LogP) is 2.58. The Morgan fingerprint density at radius 1 is 1.35 bits per heavy atom. The van der Waals surface area contributed by atoms with Crippen molar-refractivity contribution in [3.05, 3.63) is 28.8 Å². The highest BCUT2D eigenvalue weighted by Gasteiger charge is 2.65. The average molecular weight is 325 g/mol. The Kier molecular flexibility index (Phi) is 3.48. The molecular formula is C11H8ClF3N2O2S. The van der Waals surface area contributed by atoms with Crippen LogP contribution >= 0.6 is 11.6 Å². The number of hydrogen-bond donors (Lipinski definition) is 1. The van der Waals surface area contributed by atoms with Crippen LogP contribution in [0.15, 0.2) is 23.1 Å². The number of halogens is 4. The highest BCUT2D eigenvalue weighted by Crippen LogP contribution is 2.49. The van der Waals surface area contributed by atoms with Crippen LogP contribution < -0.4 is 4.72 Å². The molecule has 0 saturated heterocycles. The molecule has 1 N–H and O–H groups in total. The van der Waals surface area contributed by atoms with Crippen LogP contribution in [0.3, 0.4) is 0 Å². The maximum atomic E-state index is 12.7. The fraction of sp³-hybridized carbons (Fsp3) is 0.364. The molecule has 0 spiro atoms. The van der Waals surface area contributed by atoms with Crippen LogP contribution in [0.4, 0.5) is 13.2 Å². The minimum absolute atomic E-state index is 0.0440. The first-order chi connectivity index (χ1) is 9.11. The smallest absolute Gasteiger partial charge is 0.207 e. The standard InChI is InChI=1S/C11H8ClF3N2O2S/c12-9-5-8(2-1-7(9)6-16)20(18,19)17-10(3-4-10)11(13,14)15/h1-2,5,17H,3-4H2. The lowest BCUT2D eigenvalue weighted by atomic mass is 10.2. The van der Waals surface area contributed by atoms with E-state index in [9.17, 15) is 21.6 Å². The highest BCUT2D eigenvalue weighted by atomic mass is 35.5. The van der Waals surface area contributed by atoms with E-state index in [1.165, 1.54) is 0 Å². The summed E-state index contributed by atoms with van der Waals surface area (Å²) in [6.07, 6.45) is -5.23. The van der Waals surface area contributed by atoms with Crippen molar-refractivity contribution in [1.82, 2.24) is 4.72 Å². The van der Waals surface area contributed by atoms with Gasteiger partial charge in [-0.2, -0.15) is 23.2 Å². The summed E-state index contributed by atoms with van der Waals surface area (Å²) in [5.74, 6) is 0. The highest BCUT2D eigenvalue weighted by molar-refractivity contribution is 7.89. The number of nitriles is 1. The van der Waals surface area contributed by atoms with E-state index in [0.717, 1.165) is 18.2 Å². The fourth-order valence-electron chi connectivity index (χ4n) is 1.64. The topological polar surface area (TPSA) is 70.0 Å². The molecule has 108 valence electrons. The van der Waals surface area contributed by atoms with Crippen molar-refractivity contribution in [3.63, 3.8) is 0 Å². The number of nitrogens with zero attached hydrogens (tertiary/aromatic N) is 1. The van der Waals surface area contributed by atoms with Crippen LogP contribution in [0.5, 0.6) is 0 Å². The summed E-state index contributed by atoms with van der Waals surface area (Å²) in [5, 5.41) is 8.53. The molecule has 0 atom stereocenters. The molecule has 0 aliphatic heterocycles. The van der Waals surface area contributed by atoms with Crippen molar-refractivity contribution >= 4 is 21.6 Å². The van der Waals surface area contributed by atoms with E-state index in [2.05, 4.69) is 0 Å². The summed E-state index contributed by atoms with van der Waals surface area (Å²) in [6, 6.07) is 4.87. The normalized spacial score (nSPS) is 17.6. The van der Waals surface area contributed by atoms with Gasteiger partial charge in [-0.05, 0) is 31.0 Å². The van der Waals surface area contributed by atoms with Crippen LogP contribution in [-0.4, -0.2) is 20.1 Å². The summed E-state index contributed by atoms with van der Waals surface area (Å²) < 4.78 is 63.8. The van der Waals surface area contributed by atoms with Gasteiger partial charge in [0.2, 0.25) is 10.0 Å². The minimum Gasteiger partial charge on any atom is -0.207 e. The fourth-order valence-corrected chi connectivity index (χ4v) is 3.40. The molecule has 0 heterocycles. The first-order valence-corrected chi connectivity index (χ1v) is 7.28. The van der Waals surface area contributed by atoms with Crippen molar-refractivity contribution < 1.29 is 21.6 Å². The van der Waals surface area contributed by atoms with Crippen molar-refractivity contribution in [1.29, 1.82) is 5.26 Å². The van der Waals surface area contributed by atoms with Gasteiger partial charge in [-0.15, -0.1) is 0 Å². The molecule has 1 fully saturated rings. The number of hydrogen-bond acceptors (Lipinski definition) is 3. The maximum Gasteiger partial charge on any atom is 0.407 e. The first kappa shape index (κ1) is 15.1. The molecule has 1 aliphatic rings. The van der Waals surface area contributed by atoms with E-state index in [4.69, 9.17) is 16.9 Å². The second kappa shape index (κ2) is 4.62. The summed E-state index contributed by atoms with van der Waals surface area (Å²) >= 11 is 5.68. The van der Waals surface area contributed by atoms with Gasteiger partial charge in [0, 0.05) is 0 Å². The largest absolute Gasteiger partial charge is 0.407 e. The Morgan fingerprint density at radius 2 is 1.95 bits per heavy atom. The molecule has 0 radical (unpaired) electrons. The van der Waals surface area contributed by atoms with E-state index >= 15 is 0 Å². The molecule has 9 heteroatoms. The second-order valence-corrected chi connectivity index (χ2v) is 6.53. The quantitative estimate of drug-likeness (QED) is 0.929. The van der Waals surface area contributed by atoms with Gasteiger partial charge < -0.3 is 0 Å². The molecule has 0 unspecified atom stereocenters. The van der Waals surface area contributed by atoms with E-state index in [1.807, 2.05) is 0 Å². The zero-order chi connectivity index (χ0) is 15.2. The van der Waals surface area contributed by atoms with E-state index in [1.54, 1.807) is 10.8 Å². The Morgan fingerprint density at radius 3 is 2.35 bits per heavy atom. The number of alkyl halides is 3. The molecule has 1 saturated carbocycles. The van der Waals surface area contributed by atoms with Gasteiger partial charge >= 0.3 is 6.18 Å². The Bertz CT molecular complexity index is 691. The lowest BCUT2D eigenvalue weighted by Gasteiger charge is -2.20. The molecule has 1 aromatic carbocycles. The lowest BCUT2D eigenvalue weighted by Crippen LogP contribution is -2.47. The number of benzene rings is 1. The SMILES string of the molecule is N#Cc1ccc(S(=O)(=O)NC2(C(F)(F)F)CC2)cc1Cl. The zero-order valence-electron chi connectivity index (χ0n) is 9.83. The third-order valence-electron chi connectivity index (χ3n) is 2.99. The van der Waals surface area contributed by atoms with Crippen molar-refractivity contribution in [2.24, 2.45) is 0 Å².